The molecular formula is C12H17ClN2O. The van der Waals surface area contributed by atoms with Gasteiger partial charge in [0.25, 0.3) is 0 Å². The quantitative estimate of drug-likeness (QED) is 0.755. The second-order valence-electron chi connectivity index (χ2n) is 4.87. The lowest BCUT2D eigenvalue weighted by Gasteiger charge is -2.07. The van der Waals surface area contributed by atoms with Gasteiger partial charge in [-0.2, -0.15) is 0 Å². The van der Waals surface area contributed by atoms with Crippen LogP contribution in [0.4, 0.5) is 0 Å². The van der Waals surface area contributed by atoms with Crippen molar-refractivity contribution in [3.63, 3.8) is 0 Å². The molecule has 1 aliphatic heterocycles. The van der Waals surface area contributed by atoms with E-state index < -0.39 is 0 Å². The first kappa shape index (κ1) is 11.7. The molecule has 1 fully saturated rings. The number of nitrogens with zero attached hydrogens (tertiary/aromatic N) is 2. The van der Waals surface area contributed by atoms with Gasteiger partial charge >= 0.3 is 0 Å². The van der Waals surface area contributed by atoms with Crippen molar-refractivity contribution in [2.75, 3.05) is 20.1 Å². The lowest BCUT2D eigenvalue weighted by Crippen LogP contribution is -2.14. The fraction of sp³-hybridized carbons (Fsp3) is 0.583. The molecule has 1 aromatic heterocycles. The van der Waals surface area contributed by atoms with Crippen molar-refractivity contribution in [2.45, 2.75) is 13.3 Å². The van der Waals surface area contributed by atoms with Crippen molar-refractivity contribution in [3.05, 3.63) is 23.6 Å². The van der Waals surface area contributed by atoms with Gasteiger partial charge in [-0.15, -0.1) is 12.4 Å². The summed E-state index contributed by atoms with van der Waals surface area (Å²) in [6.07, 6.45) is 3.54. The van der Waals surface area contributed by atoms with Crippen LogP contribution in [0.15, 0.2) is 16.7 Å². The Balaban J connectivity index is 0.000000963. The van der Waals surface area contributed by atoms with Crippen LogP contribution in [-0.2, 0) is 0 Å². The van der Waals surface area contributed by atoms with Crippen LogP contribution in [0.2, 0.25) is 0 Å². The van der Waals surface area contributed by atoms with Gasteiger partial charge < -0.3 is 9.42 Å². The number of hydrogen-bond acceptors (Lipinski definition) is 3. The normalized spacial score (nSPS) is 28.8. The van der Waals surface area contributed by atoms with E-state index in [-0.39, 0.29) is 12.4 Å². The Morgan fingerprint density at radius 2 is 2.25 bits per heavy atom. The molecule has 2 aliphatic rings. The average molecular weight is 241 g/mol. The molecule has 3 nitrogen and oxygen atoms in total. The number of aryl methyl sites for hydroxylation is 1. The van der Waals surface area contributed by atoms with E-state index in [0.29, 0.717) is 0 Å². The topological polar surface area (TPSA) is 29.3 Å². The van der Waals surface area contributed by atoms with Crippen molar-refractivity contribution < 1.29 is 4.52 Å². The predicted octanol–water partition coefficient (Wildman–Crippen LogP) is 2.37. The standard InChI is InChI=1S/C12H16N2O.ClH/c1-8-3-12(15-13-8)9-4-10-6-14(2)7-11(10)5-9;/h3-4,10-11H,5-7H2,1-2H3;1H. The molecular weight excluding hydrogens is 224 g/mol. The van der Waals surface area contributed by atoms with Gasteiger partial charge in [-0.3, -0.25) is 0 Å². The highest BCUT2D eigenvalue weighted by molar-refractivity contribution is 5.85. The lowest BCUT2D eigenvalue weighted by molar-refractivity contribution is 0.389. The van der Waals surface area contributed by atoms with E-state index in [9.17, 15) is 0 Å². The zero-order valence-electron chi connectivity index (χ0n) is 9.64. The molecule has 4 heteroatoms. The molecule has 1 aliphatic carbocycles. The highest BCUT2D eigenvalue weighted by Gasteiger charge is 2.35. The number of hydrogen-bond donors (Lipinski definition) is 0. The zero-order valence-corrected chi connectivity index (χ0v) is 10.5. The number of fused-ring (bicyclic) bond motifs is 1. The van der Waals surface area contributed by atoms with Gasteiger partial charge in [0.05, 0.1) is 5.69 Å². The molecule has 0 saturated carbocycles. The zero-order chi connectivity index (χ0) is 10.4. The largest absolute Gasteiger partial charge is 0.356 e. The summed E-state index contributed by atoms with van der Waals surface area (Å²) in [5, 5.41) is 3.94. The van der Waals surface area contributed by atoms with Crippen LogP contribution < -0.4 is 0 Å². The van der Waals surface area contributed by atoms with Gasteiger partial charge in [0.1, 0.15) is 0 Å². The molecule has 0 bridgehead atoms. The van der Waals surface area contributed by atoms with Gasteiger partial charge in [0.2, 0.25) is 0 Å². The first-order chi connectivity index (χ1) is 7.22. The molecule has 0 amide bonds. The fourth-order valence-corrected chi connectivity index (χ4v) is 2.83. The molecule has 2 unspecified atom stereocenters. The Morgan fingerprint density at radius 1 is 1.44 bits per heavy atom. The van der Waals surface area contributed by atoms with Crippen LogP contribution in [0, 0.1) is 18.8 Å². The van der Waals surface area contributed by atoms with Gasteiger partial charge in [-0.05, 0) is 37.8 Å². The highest BCUT2D eigenvalue weighted by atomic mass is 35.5. The summed E-state index contributed by atoms with van der Waals surface area (Å²) in [7, 11) is 2.20. The molecule has 0 N–H and O–H groups in total. The molecule has 0 spiro atoms. The number of halogens is 1. The summed E-state index contributed by atoms with van der Waals surface area (Å²) in [6.45, 7) is 4.39. The summed E-state index contributed by atoms with van der Waals surface area (Å²) in [4.78, 5) is 2.41. The second-order valence-corrected chi connectivity index (χ2v) is 4.87. The minimum Gasteiger partial charge on any atom is -0.356 e. The van der Waals surface area contributed by atoms with Crippen molar-refractivity contribution in [1.29, 1.82) is 0 Å². The smallest absolute Gasteiger partial charge is 0.162 e. The maximum Gasteiger partial charge on any atom is 0.162 e. The Labute approximate surface area is 102 Å². The van der Waals surface area contributed by atoms with E-state index in [0.717, 1.165) is 29.7 Å². The van der Waals surface area contributed by atoms with Crippen LogP contribution in [0.1, 0.15) is 17.9 Å². The predicted molar refractivity (Wildman–Crippen MR) is 65.6 cm³/mol. The monoisotopic (exact) mass is 240 g/mol. The van der Waals surface area contributed by atoms with Gasteiger partial charge in [0, 0.05) is 19.2 Å². The highest BCUT2D eigenvalue weighted by Crippen LogP contribution is 2.40. The Morgan fingerprint density at radius 3 is 2.88 bits per heavy atom. The summed E-state index contributed by atoms with van der Waals surface area (Å²) >= 11 is 0. The number of allylic oxidation sites excluding steroid dienone is 1. The Kier molecular flexibility index (Phi) is 3.08. The van der Waals surface area contributed by atoms with Crippen LogP contribution in [0.25, 0.3) is 5.57 Å². The molecule has 88 valence electrons. The first-order valence-electron chi connectivity index (χ1n) is 5.55. The van der Waals surface area contributed by atoms with E-state index in [4.69, 9.17) is 4.52 Å². The van der Waals surface area contributed by atoms with E-state index in [1.807, 2.05) is 13.0 Å². The number of rotatable bonds is 1. The summed E-state index contributed by atoms with van der Waals surface area (Å²) in [6, 6.07) is 2.04. The van der Waals surface area contributed by atoms with E-state index >= 15 is 0 Å². The first-order valence-corrected chi connectivity index (χ1v) is 5.55. The molecule has 0 aromatic carbocycles. The van der Waals surface area contributed by atoms with E-state index in [2.05, 4.69) is 23.2 Å². The second kappa shape index (κ2) is 4.22. The van der Waals surface area contributed by atoms with Crippen LogP contribution in [-0.4, -0.2) is 30.2 Å². The third kappa shape index (κ3) is 1.89. The number of aromatic nitrogens is 1. The van der Waals surface area contributed by atoms with Crippen molar-refractivity contribution in [2.24, 2.45) is 11.8 Å². The fourth-order valence-electron chi connectivity index (χ4n) is 2.83. The molecule has 2 heterocycles. The van der Waals surface area contributed by atoms with Gasteiger partial charge in [-0.25, -0.2) is 0 Å². The molecule has 1 aromatic rings. The summed E-state index contributed by atoms with van der Waals surface area (Å²) in [5.41, 5.74) is 2.33. The molecule has 0 radical (unpaired) electrons. The third-order valence-corrected chi connectivity index (χ3v) is 3.52. The molecule has 16 heavy (non-hydrogen) atoms. The van der Waals surface area contributed by atoms with Crippen molar-refractivity contribution in [3.8, 4) is 0 Å². The number of likely N-dealkylation sites (tertiary alicyclic amines) is 1. The van der Waals surface area contributed by atoms with Crippen LogP contribution >= 0.6 is 12.4 Å². The van der Waals surface area contributed by atoms with Gasteiger partial charge in [-0.1, -0.05) is 11.2 Å². The molecule has 3 rings (SSSR count). The minimum absolute atomic E-state index is 0. The van der Waals surface area contributed by atoms with Gasteiger partial charge in [0.15, 0.2) is 5.76 Å². The average Bonchev–Trinajstić information content (AvgIpc) is 2.78. The van der Waals surface area contributed by atoms with E-state index in [1.54, 1.807) is 0 Å². The van der Waals surface area contributed by atoms with E-state index in [1.165, 1.54) is 18.7 Å². The maximum atomic E-state index is 5.31. The Bertz CT molecular complexity index is 413. The van der Waals surface area contributed by atoms with Crippen molar-refractivity contribution >= 4 is 18.0 Å². The minimum atomic E-state index is 0. The summed E-state index contributed by atoms with van der Waals surface area (Å²) < 4.78 is 5.31. The van der Waals surface area contributed by atoms with Crippen molar-refractivity contribution in [1.82, 2.24) is 10.1 Å². The molecule has 2 atom stereocenters. The third-order valence-electron chi connectivity index (χ3n) is 3.52. The lowest BCUT2D eigenvalue weighted by atomic mass is 9.99. The molecule has 1 saturated heterocycles. The van der Waals surface area contributed by atoms with Crippen LogP contribution in [0.3, 0.4) is 0 Å². The SMILES string of the molecule is Cc1cc(C2=CC3CN(C)CC3C2)on1.Cl. The Hall–Kier alpha value is -0.800. The van der Waals surface area contributed by atoms with Crippen LogP contribution in [0.5, 0.6) is 0 Å². The summed E-state index contributed by atoms with van der Waals surface area (Å²) in [5.74, 6) is 2.51. The maximum absolute atomic E-state index is 5.31.